The number of benzene rings is 2. The summed E-state index contributed by atoms with van der Waals surface area (Å²) in [7, 11) is 0. The third kappa shape index (κ3) is 3.87. The minimum absolute atomic E-state index is 0.0629. The largest absolute Gasteiger partial charge is 0.457 e. The summed E-state index contributed by atoms with van der Waals surface area (Å²) in [5, 5.41) is 5.59. The summed E-state index contributed by atoms with van der Waals surface area (Å²) >= 11 is 0. The zero-order valence-electron chi connectivity index (χ0n) is 16.9. The number of amides is 4. The lowest BCUT2D eigenvalue weighted by molar-refractivity contribution is -0.136. The molecular weight excluding hydrogens is 382 g/mol. The SMILES string of the molecule is C[C@H]1CCCC[C@@]12NC(=O)N(CC(=O)Nc1ccc(Oc3ccccc3)cc1)C2=O. The van der Waals surface area contributed by atoms with E-state index in [0.29, 0.717) is 17.9 Å². The van der Waals surface area contributed by atoms with Crippen LogP contribution in [0.2, 0.25) is 0 Å². The Morgan fingerprint density at radius 2 is 1.80 bits per heavy atom. The summed E-state index contributed by atoms with van der Waals surface area (Å²) in [6.45, 7) is 1.68. The van der Waals surface area contributed by atoms with Crippen molar-refractivity contribution >= 4 is 23.5 Å². The lowest BCUT2D eigenvalue weighted by Crippen LogP contribution is -2.54. The molecule has 2 aromatic carbocycles. The normalized spacial score (nSPS) is 23.4. The van der Waals surface area contributed by atoms with Crippen LogP contribution in [0.3, 0.4) is 0 Å². The van der Waals surface area contributed by atoms with Gasteiger partial charge in [0.2, 0.25) is 5.91 Å². The Bertz CT molecular complexity index is 945. The van der Waals surface area contributed by atoms with Gasteiger partial charge in [-0.15, -0.1) is 0 Å². The highest BCUT2D eigenvalue weighted by molar-refractivity contribution is 6.10. The monoisotopic (exact) mass is 407 g/mol. The van der Waals surface area contributed by atoms with Gasteiger partial charge in [0.1, 0.15) is 23.6 Å². The number of hydrogen-bond acceptors (Lipinski definition) is 4. The van der Waals surface area contributed by atoms with E-state index in [9.17, 15) is 14.4 Å². The first-order valence-electron chi connectivity index (χ1n) is 10.2. The molecule has 1 saturated heterocycles. The second kappa shape index (κ2) is 8.18. The van der Waals surface area contributed by atoms with E-state index in [1.165, 1.54) is 0 Å². The molecule has 2 fully saturated rings. The molecule has 2 aliphatic rings. The summed E-state index contributed by atoms with van der Waals surface area (Å²) in [4.78, 5) is 38.9. The lowest BCUT2D eigenvalue weighted by atomic mass is 9.73. The van der Waals surface area contributed by atoms with Gasteiger partial charge < -0.3 is 15.4 Å². The van der Waals surface area contributed by atoms with Gasteiger partial charge in [-0.2, -0.15) is 0 Å². The van der Waals surface area contributed by atoms with Gasteiger partial charge in [-0.25, -0.2) is 4.79 Å². The van der Waals surface area contributed by atoms with Gasteiger partial charge in [0.15, 0.2) is 0 Å². The van der Waals surface area contributed by atoms with Crippen molar-refractivity contribution in [3.05, 3.63) is 54.6 Å². The molecule has 0 unspecified atom stereocenters. The number of carbonyl (C=O) groups excluding carboxylic acids is 3. The summed E-state index contributed by atoms with van der Waals surface area (Å²) in [5.74, 6) is 0.713. The molecule has 0 bridgehead atoms. The van der Waals surface area contributed by atoms with E-state index in [1.54, 1.807) is 24.3 Å². The fourth-order valence-electron chi connectivity index (χ4n) is 4.21. The lowest BCUT2D eigenvalue weighted by Gasteiger charge is -2.36. The van der Waals surface area contributed by atoms with E-state index in [1.807, 2.05) is 37.3 Å². The molecule has 30 heavy (non-hydrogen) atoms. The van der Waals surface area contributed by atoms with Gasteiger partial charge in [0.05, 0.1) is 0 Å². The molecule has 0 aromatic heterocycles. The molecule has 0 radical (unpaired) electrons. The highest BCUT2D eigenvalue weighted by Crippen LogP contribution is 2.38. The van der Waals surface area contributed by atoms with Crippen molar-refractivity contribution in [1.29, 1.82) is 0 Å². The second-order valence-corrected chi connectivity index (χ2v) is 7.93. The zero-order chi connectivity index (χ0) is 21.1. The van der Waals surface area contributed by atoms with Crippen LogP contribution in [0, 0.1) is 5.92 Å². The number of urea groups is 1. The average Bonchev–Trinajstić information content (AvgIpc) is 2.97. The Kier molecular flexibility index (Phi) is 5.44. The molecule has 1 spiro atoms. The van der Waals surface area contributed by atoms with Crippen LogP contribution in [0.15, 0.2) is 54.6 Å². The van der Waals surface area contributed by atoms with Gasteiger partial charge in [0.25, 0.3) is 5.91 Å². The molecule has 1 aliphatic heterocycles. The van der Waals surface area contributed by atoms with Crippen LogP contribution in [0.25, 0.3) is 0 Å². The molecule has 7 nitrogen and oxygen atoms in total. The number of nitrogens with one attached hydrogen (secondary N) is 2. The molecule has 4 amide bonds. The highest BCUT2D eigenvalue weighted by Gasteiger charge is 2.55. The molecule has 1 aliphatic carbocycles. The highest BCUT2D eigenvalue weighted by atomic mass is 16.5. The number of ether oxygens (including phenoxy) is 1. The van der Waals surface area contributed by atoms with Gasteiger partial charge in [-0.3, -0.25) is 14.5 Å². The number of imide groups is 1. The molecule has 1 saturated carbocycles. The fourth-order valence-corrected chi connectivity index (χ4v) is 4.21. The molecule has 2 aromatic rings. The minimum Gasteiger partial charge on any atom is -0.457 e. The Labute approximate surface area is 175 Å². The van der Waals surface area contributed by atoms with Crippen molar-refractivity contribution < 1.29 is 19.1 Å². The second-order valence-electron chi connectivity index (χ2n) is 7.93. The first-order valence-corrected chi connectivity index (χ1v) is 10.2. The number of rotatable bonds is 5. The van der Waals surface area contributed by atoms with Gasteiger partial charge in [0, 0.05) is 5.69 Å². The maximum atomic E-state index is 13.0. The molecule has 1 heterocycles. The summed E-state index contributed by atoms with van der Waals surface area (Å²) in [5.41, 5.74) is -0.292. The van der Waals surface area contributed by atoms with E-state index < -0.39 is 17.5 Å². The van der Waals surface area contributed by atoms with Crippen LogP contribution < -0.4 is 15.4 Å². The topological polar surface area (TPSA) is 87.7 Å². The predicted molar refractivity (Wildman–Crippen MR) is 112 cm³/mol. The minimum atomic E-state index is -0.855. The Balaban J connectivity index is 1.36. The van der Waals surface area contributed by atoms with Crippen LogP contribution in [-0.4, -0.2) is 34.8 Å². The van der Waals surface area contributed by atoms with Gasteiger partial charge in [-0.05, 0) is 55.2 Å². The average molecular weight is 407 g/mol. The first kappa shape index (κ1) is 19.9. The Morgan fingerprint density at radius 3 is 2.50 bits per heavy atom. The van der Waals surface area contributed by atoms with Crippen LogP contribution in [0.1, 0.15) is 32.6 Å². The van der Waals surface area contributed by atoms with Crippen molar-refractivity contribution in [3.63, 3.8) is 0 Å². The molecule has 2 N–H and O–H groups in total. The number of anilines is 1. The van der Waals surface area contributed by atoms with Crippen molar-refractivity contribution in [2.45, 2.75) is 38.1 Å². The Morgan fingerprint density at radius 1 is 1.10 bits per heavy atom. The summed E-state index contributed by atoms with van der Waals surface area (Å²) < 4.78 is 5.73. The third-order valence-electron chi connectivity index (χ3n) is 5.92. The first-order chi connectivity index (χ1) is 14.5. The number of nitrogens with zero attached hydrogens (tertiary/aromatic N) is 1. The van der Waals surface area contributed by atoms with E-state index in [0.717, 1.165) is 29.9 Å². The zero-order valence-corrected chi connectivity index (χ0v) is 16.9. The molecule has 2 atom stereocenters. The van der Waals surface area contributed by atoms with Gasteiger partial charge >= 0.3 is 6.03 Å². The quantitative estimate of drug-likeness (QED) is 0.736. The van der Waals surface area contributed by atoms with Gasteiger partial charge in [-0.1, -0.05) is 38.0 Å². The summed E-state index contributed by atoms with van der Waals surface area (Å²) in [6.07, 6.45) is 3.47. The molecular formula is C23H25N3O4. The fraction of sp³-hybridized carbons (Fsp3) is 0.348. The predicted octanol–water partition coefficient (Wildman–Crippen LogP) is 3.92. The maximum absolute atomic E-state index is 13.0. The van der Waals surface area contributed by atoms with E-state index in [2.05, 4.69) is 10.6 Å². The van der Waals surface area contributed by atoms with Crippen molar-refractivity contribution in [1.82, 2.24) is 10.2 Å². The molecule has 4 rings (SSSR count). The Hall–Kier alpha value is -3.35. The number of carbonyl (C=O) groups is 3. The number of hydrogen-bond donors (Lipinski definition) is 2. The standard InChI is InChI=1S/C23H25N3O4/c1-16-7-5-6-14-23(16)21(28)26(22(29)25-23)15-20(27)24-17-10-12-19(13-11-17)30-18-8-3-2-4-9-18/h2-4,8-13,16H,5-7,14-15H2,1H3,(H,24,27)(H,25,29)/t16-,23+/m0/s1. The van der Waals surface area contributed by atoms with Crippen molar-refractivity contribution in [2.24, 2.45) is 5.92 Å². The summed E-state index contributed by atoms with van der Waals surface area (Å²) in [6, 6.07) is 15.8. The van der Waals surface area contributed by atoms with E-state index in [-0.39, 0.29) is 18.4 Å². The van der Waals surface area contributed by atoms with Crippen molar-refractivity contribution in [2.75, 3.05) is 11.9 Å². The van der Waals surface area contributed by atoms with Crippen LogP contribution in [0.5, 0.6) is 11.5 Å². The molecule has 7 heteroatoms. The third-order valence-corrected chi connectivity index (χ3v) is 5.92. The van der Waals surface area contributed by atoms with Crippen LogP contribution in [-0.2, 0) is 9.59 Å². The molecule has 156 valence electrons. The van der Waals surface area contributed by atoms with E-state index >= 15 is 0 Å². The van der Waals surface area contributed by atoms with Crippen LogP contribution >= 0.6 is 0 Å². The van der Waals surface area contributed by atoms with Crippen LogP contribution in [0.4, 0.5) is 10.5 Å². The number of para-hydroxylation sites is 1. The smallest absolute Gasteiger partial charge is 0.325 e. The van der Waals surface area contributed by atoms with Crippen molar-refractivity contribution in [3.8, 4) is 11.5 Å². The maximum Gasteiger partial charge on any atom is 0.325 e. The van der Waals surface area contributed by atoms with E-state index in [4.69, 9.17) is 4.74 Å².